The molecule has 11 nitrogen and oxygen atoms in total. The van der Waals surface area contributed by atoms with Crippen LogP contribution >= 0.6 is 11.8 Å². The molecule has 0 bridgehead atoms. The molecule has 2 saturated heterocycles. The summed E-state index contributed by atoms with van der Waals surface area (Å²) in [5.41, 5.74) is 0.423. The summed E-state index contributed by atoms with van der Waals surface area (Å²) in [7, 11) is 0. The Hall–Kier alpha value is -3.80. The van der Waals surface area contributed by atoms with Crippen LogP contribution in [0.4, 0.5) is 4.79 Å². The van der Waals surface area contributed by atoms with Crippen LogP contribution in [-0.2, 0) is 14.4 Å². The molecule has 0 spiro atoms. The van der Waals surface area contributed by atoms with Crippen LogP contribution in [0.3, 0.4) is 0 Å². The van der Waals surface area contributed by atoms with Crippen molar-refractivity contribution in [3.8, 4) is 0 Å². The van der Waals surface area contributed by atoms with Crippen molar-refractivity contribution in [3.05, 3.63) is 60.1 Å². The Labute approximate surface area is 198 Å². The minimum absolute atomic E-state index is 0.0788. The van der Waals surface area contributed by atoms with Gasteiger partial charge in [-0.25, -0.2) is 9.59 Å². The highest BCUT2D eigenvalue weighted by atomic mass is 32.2. The van der Waals surface area contributed by atoms with E-state index in [1.54, 1.807) is 44.2 Å². The molecule has 178 valence electrons. The normalized spacial score (nSPS) is 23.3. The molecule has 4 rings (SSSR count). The fourth-order valence-electron chi connectivity index (χ4n) is 4.07. The van der Waals surface area contributed by atoms with Crippen LogP contribution in [-0.4, -0.2) is 61.9 Å². The Balaban J connectivity index is 1.48. The number of aliphatic carboxylic acids is 1. The van der Waals surface area contributed by atoms with Crippen LogP contribution in [0.1, 0.15) is 36.0 Å². The number of β-lactam (4-membered cyclic amide) rings is 1. The Morgan fingerprint density at radius 1 is 1.12 bits per heavy atom. The van der Waals surface area contributed by atoms with Crippen LogP contribution in [0.15, 0.2) is 53.1 Å². The van der Waals surface area contributed by atoms with Crippen molar-refractivity contribution >= 4 is 41.5 Å². The summed E-state index contributed by atoms with van der Waals surface area (Å²) in [6.45, 7) is 3.46. The maximum absolute atomic E-state index is 13.2. The number of rotatable bonds is 6. The highest BCUT2D eigenvalue weighted by molar-refractivity contribution is 8.01. The molecule has 2 aliphatic rings. The molecule has 0 saturated carbocycles. The number of carbonyl (C=O) groups is 5. The lowest BCUT2D eigenvalue weighted by molar-refractivity contribution is -0.161. The third-order valence-corrected chi connectivity index (χ3v) is 7.19. The number of nitrogens with one attached hydrogen (secondary N) is 3. The summed E-state index contributed by atoms with van der Waals surface area (Å²) in [5, 5.41) is 16.2. The molecule has 1 unspecified atom stereocenters. The Kier molecular flexibility index (Phi) is 6.09. The van der Waals surface area contributed by atoms with Crippen LogP contribution < -0.4 is 16.0 Å². The standard InChI is InChI=1S/C22H22N4O7S/c1-22(2)15(20(30)31)26-18(29)14(19(26)34-22)23-17(28)13(11-7-4-3-5-8-11)24-21(32)25-16(27)12-9-6-10-33-12/h3-10,13-15,19H,1-2H3,(H,23,28)(H,30,31)(H2,24,25,27,32)/t13?,14-,15+,19-/m1/s1. The number of amides is 5. The zero-order valence-corrected chi connectivity index (χ0v) is 19.0. The highest BCUT2D eigenvalue weighted by Gasteiger charge is 2.64. The van der Waals surface area contributed by atoms with Crippen LogP contribution in [0.25, 0.3) is 0 Å². The summed E-state index contributed by atoms with van der Waals surface area (Å²) in [4.78, 5) is 63.4. The number of fused-ring (bicyclic) bond motifs is 1. The lowest BCUT2D eigenvalue weighted by Gasteiger charge is -2.44. The largest absolute Gasteiger partial charge is 0.480 e. The summed E-state index contributed by atoms with van der Waals surface area (Å²) in [5.74, 6) is -3.16. The zero-order valence-electron chi connectivity index (χ0n) is 18.2. The number of furan rings is 1. The maximum Gasteiger partial charge on any atom is 0.327 e. The minimum Gasteiger partial charge on any atom is -0.480 e. The Morgan fingerprint density at radius 2 is 1.82 bits per heavy atom. The SMILES string of the molecule is CC1(C)S[C@@H]2[C@H](NC(=O)C(NC(=O)NC(=O)c3ccco3)c3ccccc3)C(=O)N2[C@H]1C(=O)O. The molecule has 3 heterocycles. The van der Waals surface area contributed by atoms with Gasteiger partial charge in [-0.2, -0.15) is 0 Å². The smallest absolute Gasteiger partial charge is 0.327 e. The van der Waals surface area contributed by atoms with Gasteiger partial charge in [0.05, 0.1) is 6.26 Å². The van der Waals surface area contributed by atoms with Crippen LogP contribution in [0, 0.1) is 0 Å². The maximum atomic E-state index is 13.2. The van der Waals surface area contributed by atoms with Gasteiger partial charge < -0.3 is 25.1 Å². The molecule has 12 heteroatoms. The van der Waals surface area contributed by atoms with Gasteiger partial charge in [-0.3, -0.25) is 19.7 Å². The fourth-order valence-corrected chi connectivity index (χ4v) is 5.69. The number of benzene rings is 1. The molecular weight excluding hydrogens is 464 g/mol. The second-order valence-corrected chi connectivity index (χ2v) is 10.1. The first-order chi connectivity index (χ1) is 16.1. The van der Waals surface area contributed by atoms with E-state index in [1.165, 1.54) is 35.1 Å². The number of hydrogen-bond donors (Lipinski definition) is 4. The van der Waals surface area contributed by atoms with E-state index in [9.17, 15) is 29.1 Å². The molecule has 2 aromatic rings. The van der Waals surface area contributed by atoms with Gasteiger partial charge in [-0.05, 0) is 31.5 Å². The number of carboxylic acid groups (broad SMARTS) is 1. The summed E-state index contributed by atoms with van der Waals surface area (Å²) < 4.78 is 4.20. The van der Waals surface area contributed by atoms with Crippen molar-refractivity contribution in [2.45, 2.75) is 42.1 Å². The molecule has 0 aliphatic carbocycles. The lowest BCUT2D eigenvalue weighted by Crippen LogP contribution is -2.71. The van der Waals surface area contributed by atoms with Crippen LogP contribution in [0.5, 0.6) is 0 Å². The average molecular weight is 487 g/mol. The van der Waals surface area contributed by atoms with Gasteiger partial charge in [0, 0.05) is 4.75 Å². The van der Waals surface area contributed by atoms with E-state index in [1.807, 2.05) is 0 Å². The van der Waals surface area contributed by atoms with Gasteiger partial charge in [0.1, 0.15) is 23.5 Å². The molecule has 5 amide bonds. The summed E-state index contributed by atoms with van der Waals surface area (Å²) in [6, 6.07) is 7.06. The Morgan fingerprint density at radius 3 is 2.44 bits per heavy atom. The number of thioether (sulfide) groups is 1. The summed E-state index contributed by atoms with van der Waals surface area (Å²) >= 11 is 1.29. The predicted octanol–water partition coefficient (Wildman–Crippen LogP) is 1.09. The van der Waals surface area contributed by atoms with Crippen molar-refractivity contribution in [2.24, 2.45) is 0 Å². The number of hydrogen-bond acceptors (Lipinski definition) is 7. The number of carboxylic acids is 1. The van der Waals surface area contributed by atoms with E-state index in [0.717, 1.165) is 0 Å². The molecule has 2 fully saturated rings. The fraction of sp³-hybridized carbons (Fsp3) is 0.318. The van der Waals surface area contributed by atoms with Gasteiger partial charge in [-0.1, -0.05) is 30.3 Å². The number of imide groups is 1. The second-order valence-electron chi connectivity index (χ2n) is 8.33. The second kappa shape index (κ2) is 8.86. The van der Waals surface area contributed by atoms with E-state index in [0.29, 0.717) is 5.56 Å². The molecule has 4 atom stereocenters. The van der Waals surface area contributed by atoms with E-state index < -0.39 is 58.0 Å². The zero-order chi connectivity index (χ0) is 24.6. The van der Waals surface area contributed by atoms with Crippen LogP contribution in [0.2, 0.25) is 0 Å². The highest BCUT2D eigenvalue weighted by Crippen LogP contribution is 2.50. The Bertz CT molecular complexity index is 1140. The molecular formula is C22H22N4O7S. The number of carbonyl (C=O) groups excluding carboxylic acids is 4. The average Bonchev–Trinajstić information content (AvgIpc) is 3.41. The van der Waals surface area contributed by atoms with Crippen molar-refractivity contribution < 1.29 is 33.5 Å². The summed E-state index contributed by atoms with van der Waals surface area (Å²) in [6.07, 6.45) is 1.28. The van der Waals surface area contributed by atoms with E-state index in [-0.39, 0.29) is 5.76 Å². The first-order valence-corrected chi connectivity index (χ1v) is 11.2. The van der Waals surface area contributed by atoms with Crippen molar-refractivity contribution in [1.82, 2.24) is 20.9 Å². The molecule has 4 N–H and O–H groups in total. The van der Waals surface area contributed by atoms with Crippen molar-refractivity contribution in [3.63, 3.8) is 0 Å². The monoisotopic (exact) mass is 486 g/mol. The molecule has 1 aromatic heterocycles. The first kappa shape index (κ1) is 23.4. The topological polar surface area (TPSA) is 158 Å². The van der Waals surface area contributed by atoms with Gasteiger partial charge in [0.2, 0.25) is 11.8 Å². The third kappa shape index (κ3) is 4.23. The van der Waals surface area contributed by atoms with Gasteiger partial charge >= 0.3 is 12.0 Å². The molecule has 2 aliphatic heterocycles. The quantitative estimate of drug-likeness (QED) is 0.442. The number of urea groups is 1. The third-order valence-electron chi connectivity index (χ3n) is 5.62. The van der Waals surface area contributed by atoms with Crippen molar-refractivity contribution in [1.29, 1.82) is 0 Å². The number of nitrogens with zero attached hydrogens (tertiary/aromatic N) is 1. The van der Waals surface area contributed by atoms with E-state index >= 15 is 0 Å². The molecule has 1 aromatic carbocycles. The van der Waals surface area contributed by atoms with E-state index in [2.05, 4.69) is 16.0 Å². The van der Waals surface area contributed by atoms with Gasteiger partial charge in [0.15, 0.2) is 5.76 Å². The van der Waals surface area contributed by atoms with Crippen molar-refractivity contribution in [2.75, 3.05) is 0 Å². The minimum atomic E-state index is -1.22. The lowest BCUT2D eigenvalue weighted by atomic mass is 9.95. The van der Waals surface area contributed by atoms with Gasteiger partial charge in [-0.15, -0.1) is 11.8 Å². The predicted molar refractivity (Wildman–Crippen MR) is 120 cm³/mol. The van der Waals surface area contributed by atoms with E-state index in [4.69, 9.17) is 4.42 Å². The molecule has 0 radical (unpaired) electrons. The first-order valence-electron chi connectivity index (χ1n) is 10.3. The molecule has 34 heavy (non-hydrogen) atoms. The van der Waals surface area contributed by atoms with Gasteiger partial charge in [0.25, 0.3) is 5.91 Å².